The Labute approximate surface area is 166 Å². The van der Waals surface area contributed by atoms with Crippen molar-refractivity contribution in [3.05, 3.63) is 59.0 Å². The first-order valence-electron chi connectivity index (χ1n) is 9.16. The molecule has 0 spiro atoms. The molecule has 27 heavy (non-hydrogen) atoms. The average molecular weight is 429 g/mol. The van der Waals surface area contributed by atoms with E-state index in [-0.39, 0.29) is 5.91 Å². The van der Waals surface area contributed by atoms with E-state index in [9.17, 15) is 4.79 Å². The van der Waals surface area contributed by atoms with Gasteiger partial charge < -0.3 is 9.64 Å². The lowest BCUT2D eigenvalue weighted by atomic mass is 9.96. The number of piperidine rings is 1. The van der Waals surface area contributed by atoms with Gasteiger partial charge in [0.05, 0.1) is 13.0 Å². The van der Waals surface area contributed by atoms with E-state index >= 15 is 0 Å². The van der Waals surface area contributed by atoms with Gasteiger partial charge in [0.1, 0.15) is 11.6 Å². The predicted octanol–water partition coefficient (Wildman–Crippen LogP) is 3.67. The number of likely N-dealkylation sites (tertiary alicyclic amines) is 1. The van der Waals surface area contributed by atoms with E-state index < -0.39 is 0 Å². The number of pyridine rings is 1. The maximum absolute atomic E-state index is 12.5. The van der Waals surface area contributed by atoms with Crippen molar-refractivity contribution in [3.63, 3.8) is 0 Å². The lowest BCUT2D eigenvalue weighted by molar-refractivity contribution is -0.132. The zero-order chi connectivity index (χ0) is 18.6. The fourth-order valence-corrected chi connectivity index (χ4v) is 3.87. The van der Waals surface area contributed by atoms with E-state index in [1.54, 1.807) is 0 Å². The van der Waals surface area contributed by atoms with E-state index in [0.717, 1.165) is 47.6 Å². The quantitative estimate of drug-likeness (QED) is 0.621. The van der Waals surface area contributed by atoms with E-state index in [1.165, 1.54) is 0 Å². The molecule has 0 N–H and O–H groups in total. The van der Waals surface area contributed by atoms with Crippen molar-refractivity contribution in [2.75, 3.05) is 19.7 Å². The van der Waals surface area contributed by atoms with Gasteiger partial charge in [-0.15, -0.1) is 10.2 Å². The maximum Gasteiger partial charge on any atom is 0.225 e. The Morgan fingerprint density at radius 2 is 2.00 bits per heavy atom. The molecule has 3 heterocycles. The Kier molecular flexibility index (Phi) is 5.38. The Morgan fingerprint density at radius 1 is 1.15 bits per heavy atom. The van der Waals surface area contributed by atoms with Crippen LogP contribution in [0.25, 0.3) is 5.65 Å². The van der Waals surface area contributed by atoms with Crippen molar-refractivity contribution in [2.24, 2.45) is 0 Å². The number of carbonyl (C=O) groups excluding carboxylic acids is 1. The molecule has 1 amide bonds. The van der Waals surface area contributed by atoms with Crippen LogP contribution in [0.4, 0.5) is 0 Å². The molecule has 0 unspecified atom stereocenters. The van der Waals surface area contributed by atoms with E-state index in [1.807, 2.05) is 58.0 Å². The maximum atomic E-state index is 12.5. The highest BCUT2D eigenvalue weighted by molar-refractivity contribution is 9.10. The van der Waals surface area contributed by atoms with Crippen LogP contribution >= 0.6 is 15.9 Å². The minimum absolute atomic E-state index is 0.148. The van der Waals surface area contributed by atoms with Gasteiger partial charge >= 0.3 is 0 Å². The predicted molar refractivity (Wildman–Crippen MR) is 106 cm³/mol. The number of nitrogens with zero attached hydrogens (tertiary/aromatic N) is 4. The monoisotopic (exact) mass is 428 g/mol. The molecule has 7 heteroatoms. The minimum atomic E-state index is 0.148. The molecular formula is C20H21BrN4O2. The van der Waals surface area contributed by atoms with Crippen molar-refractivity contribution in [2.45, 2.75) is 25.2 Å². The highest BCUT2D eigenvalue weighted by Gasteiger charge is 2.26. The third kappa shape index (κ3) is 4.13. The summed E-state index contributed by atoms with van der Waals surface area (Å²) >= 11 is 3.42. The van der Waals surface area contributed by atoms with Crippen molar-refractivity contribution in [1.82, 2.24) is 19.5 Å². The number of fused-ring (bicyclic) bond motifs is 1. The standard InChI is InChI=1S/C20H21BrN4O2/c21-16-4-3-5-17(14-16)27-13-9-19(26)24-11-7-15(8-12-24)20-23-22-18-6-1-2-10-25(18)20/h1-6,10,14-15H,7-9,11-13H2. The van der Waals surface area contributed by atoms with Crippen LogP contribution in [0, 0.1) is 0 Å². The second kappa shape index (κ2) is 8.08. The Hall–Kier alpha value is -2.41. The number of carbonyl (C=O) groups is 1. The molecule has 2 aromatic heterocycles. The fourth-order valence-electron chi connectivity index (χ4n) is 3.50. The van der Waals surface area contributed by atoms with Gasteiger partial charge in [0.2, 0.25) is 5.91 Å². The molecular weight excluding hydrogens is 408 g/mol. The average Bonchev–Trinajstić information content (AvgIpc) is 3.12. The molecule has 1 aliphatic rings. The first-order chi connectivity index (χ1) is 13.2. The number of rotatable bonds is 5. The lowest BCUT2D eigenvalue weighted by Gasteiger charge is -2.31. The number of ether oxygens (including phenoxy) is 1. The largest absolute Gasteiger partial charge is 0.493 e. The van der Waals surface area contributed by atoms with Crippen LogP contribution in [0.1, 0.15) is 31.0 Å². The summed E-state index contributed by atoms with van der Waals surface area (Å²) in [5.74, 6) is 2.25. The van der Waals surface area contributed by atoms with Crippen LogP contribution in [0.3, 0.4) is 0 Å². The number of aromatic nitrogens is 3. The Bertz CT molecular complexity index is 934. The Balaban J connectivity index is 1.28. The summed E-state index contributed by atoms with van der Waals surface area (Å²) in [6.07, 6.45) is 4.22. The molecule has 1 aliphatic heterocycles. The van der Waals surface area contributed by atoms with Crippen molar-refractivity contribution in [3.8, 4) is 5.75 Å². The van der Waals surface area contributed by atoms with E-state index in [2.05, 4.69) is 26.1 Å². The van der Waals surface area contributed by atoms with Gasteiger partial charge in [-0.25, -0.2) is 0 Å². The number of hydrogen-bond acceptors (Lipinski definition) is 4. The van der Waals surface area contributed by atoms with Crippen LogP contribution in [0.5, 0.6) is 5.75 Å². The smallest absolute Gasteiger partial charge is 0.225 e. The molecule has 4 rings (SSSR count). The molecule has 0 aliphatic carbocycles. The summed E-state index contributed by atoms with van der Waals surface area (Å²) < 4.78 is 8.69. The van der Waals surface area contributed by atoms with Crippen molar-refractivity contribution >= 4 is 27.5 Å². The van der Waals surface area contributed by atoms with Gasteiger partial charge in [-0.2, -0.15) is 0 Å². The van der Waals surface area contributed by atoms with Crippen LogP contribution in [0.15, 0.2) is 53.1 Å². The van der Waals surface area contributed by atoms with Crippen LogP contribution in [-0.4, -0.2) is 45.1 Å². The molecule has 140 valence electrons. The van der Waals surface area contributed by atoms with Gasteiger partial charge in [-0.3, -0.25) is 9.20 Å². The summed E-state index contributed by atoms with van der Waals surface area (Å²) in [5, 5.41) is 8.60. The van der Waals surface area contributed by atoms with E-state index in [0.29, 0.717) is 18.9 Å². The minimum Gasteiger partial charge on any atom is -0.493 e. The zero-order valence-corrected chi connectivity index (χ0v) is 16.5. The summed E-state index contributed by atoms with van der Waals surface area (Å²) in [4.78, 5) is 14.4. The molecule has 6 nitrogen and oxygen atoms in total. The second-order valence-electron chi connectivity index (χ2n) is 6.70. The SMILES string of the molecule is O=C(CCOc1cccc(Br)c1)N1CCC(c2nnc3ccccn23)CC1. The van der Waals surface area contributed by atoms with Gasteiger partial charge in [-0.1, -0.05) is 28.1 Å². The molecule has 3 aromatic rings. The third-order valence-corrected chi connectivity index (χ3v) is 5.43. The summed E-state index contributed by atoms with van der Waals surface area (Å²) in [6.45, 7) is 1.90. The number of amides is 1. The van der Waals surface area contributed by atoms with E-state index in [4.69, 9.17) is 4.74 Å². The third-order valence-electron chi connectivity index (χ3n) is 4.93. The van der Waals surface area contributed by atoms with Gasteiger partial charge in [0.15, 0.2) is 5.65 Å². The van der Waals surface area contributed by atoms with Crippen LogP contribution in [0.2, 0.25) is 0 Å². The van der Waals surface area contributed by atoms with Gasteiger partial charge in [0, 0.05) is 29.7 Å². The zero-order valence-electron chi connectivity index (χ0n) is 14.9. The number of hydrogen-bond donors (Lipinski definition) is 0. The van der Waals surface area contributed by atoms with Crippen molar-refractivity contribution in [1.29, 1.82) is 0 Å². The molecule has 1 aromatic carbocycles. The summed E-state index contributed by atoms with van der Waals surface area (Å²) in [6, 6.07) is 13.6. The van der Waals surface area contributed by atoms with Gasteiger partial charge in [-0.05, 0) is 43.2 Å². The second-order valence-corrected chi connectivity index (χ2v) is 7.61. The van der Waals surface area contributed by atoms with Gasteiger partial charge in [0.25, 0.3) is 0 Å². The topological polar surface area (TPSA) is 59.7 Å². The Morgan fingerprint density at radius 3 is 2.81 bits per heavy atom. The first-order valence-corrected chi connectivity index (χ1v) is 9.96. The molecule has 0 radical (unpaired) electrons. The summed E-state index contributed by atoms with van der Waals surface area (Å²) in [7, 11) is 0. The molecule has 0 bridgehead atoms. The van der Waals surface area contributed by atoms with Crippen LogP contribution < -0.4 is 4.74 Å². The van der Waals surface area contributed by atoms with Crippen LogP contribution in [-0.2, 0) is 4.79 Å². The highest BCUT2D eigenvalue weighted by Crippen LogP contribution is 2.27. The highest BCUT2D eigenvalue weighted by atomic mass is 79.9. The molecule has 1 saturated heterocycles. The number of benzene rings is 1. The first kappa shape index (κ1) is 18.0. The van der Waals surface area contributed by atoms with Crippen molar-refractivity contribution < 1.29 is 9.53 Å². The fraction of sp³-hybridized carbons (Fsp3) is 0.350. The summed E-state index contributed by atoms with van der Waals surface area (Å²) in [5.41, 5.74) is 0.871. The number of halogens is 1. The normalized spacial score (nSPS) is 15.2. The molecule has 0 saturated carbocycles. The molecule has 0 atom stereocenters. The molecule has 1 fully saturated rings. The lowest BCUT2D eigenvalue weighted by Crippen LogP contribution is -2.38.